The molecular formula is C42H70N16O6. The average molecular weight is 895 g/mol. The highest BCUT2D eigenvalue weighted by Crippen LogP contribution is 2.26. The average Bonchev–Trinajstić information content (AvgIpc) is 3.98. The normalized spacial score (nSPS) is 16.4. The molecule has 5 rings (SSSR count). The quantitative estimate of drug-likeness (QED) is 0.0549. The van der Waals surface area contributed by atoms with Crippen molar-refractivity contribution >= 4 is 29.7 Å². The van der Waals surface area contributed by atoms with Crippen molar-refractivity contribution in [1.29, 1.82) is 0 Å². The van der Waals surface area contributed by atoms with Crippen LogP contribution in [0.5, 0.6) is 0 Å². The first-order valence-corrected chi connectivity index (χ1v) is 22.8. The van der Waals surface area contributed by atoms with Gasteiger partial charge >= 0.3 is 0 Å². The van der Waals surface area contributed by atoms with E-state index < -0.39 is 18.2 Å². The van der Waals surface area contributed by atoms with Crippen molar-refractivity contribution in [3.05, 3.63) is 23.8 Å². The van der Waals surface area contributed by atoms with E-state index in [1.165, 1.54) is 4.68 Å². The molecule has 354 valence electrons. The first kappa shape index (κ1) is 50.0. The van der Waals surface area contributed by atoms with Crippen LogP contribution in [0.15, 0.2) is 12.4 Å². The maximum absolute atomic E-state index is 14.2. The molecule has 0 aliphatic carbocycles. The largest absolute Gasteiger partial charge is 0.391 e. The maximum atomic E-state index is 14.2. The SMILES string of the molecule is C#CCOCCOCCOCCNc1nc(N2CCN(C(=O)[C@H]([C@@H](C)O)n3cc(CCCCN)nn3)CC2)nc(N2CCN(C(=O)[C@H]([C@@H](C)CC)n3cc(CCCCN)nn3)CC2)n1. The van der Waals surface area contributed by atoms with Gasteiger partial charge < -0.3 is 55.7 Å². The molecule has 5 heterocycles. The molecule has 0 radical (unpaired) electrons. The van der Waals surface area contributed by atoms with Gasteiger partial charge in [-0.1, -0.05) is 36.6 Å². The van der Waals surface area contributed by atoms with E-state index in [9.17, 15) is 14.7 Å². The number of nitrogens with one attached hydrogen (secondary N) is 1. The standard InChI is InChI=1S/C42H70N16O6/c1-5-24-62-26-28-64-29-27-63-25-15-45-40-46-41(55-20-16-53(17-21-55)38(60)36(32(3)6-2)57-30-34(49-51-57)11-7-9-13-43)48-42(47-40)56-22-18-54(19-23-56)39(61)37(33(4)59)58-31-35(50-52-58)12-8-10-14-44/h1,30-33,36-37,59H,6-29,43-44H2,2-4H3,(H,45,46,47,48)/t32-,33+,36-,37-/m0/s1. The number of nitrogens with zero attached hydrogens (tertiary/aromatic N) is 13. The summed E-state index contributed by atoms with van der Waals surface area (Å²) < 4.78 is 19.7. The Hall–Kier alpha value is -5.05. The van der Waals surface area contributed by atoms with Gasteiger partial charge in [0, 0.05) is 71.3 Å². The van der Waals surface area contributed by atoms with Gasteiger partial charge in [-0.15, -0.1) is 16.6 Å². The van der Waals surface area contributed by atoms with Gasteiger partial charge in [0.1, 0.15) is 12.6 Å². The number of rotatable bonds is 28. The Kier molecular flexibility index (Phi) is 20.8. The van der Waals surface area contributed by atoms with Gasteiger partial charge in [-0.2, -0.15) is 15.0 Å². The second-order valence-corrected chi connectivity index (χ2v) is 16.2. The summed E-state index contributed by atoms with van der Waals surface area (Å²) in [6, 6.07) is -1.37. The lowest BCUT2D eigenvalue weighted by Gasteiger charge is -2.38. The zero-order chi connectivity index (χ0) is 45.7. The zero-order valence-electron chi connectivity index (χ0n) is 38.0. The number of nitrogens with two attached hydrogens (primary N) is 2. The summed E-state index contributed by atoms with van der Waals surface area (Å²) in [6.07, 6.45) is 13.7. The number of carbonyl (C=O) groups is 2. The predicted octanol–water partition coefficient (Wildman–Crippen LogP) is -0.0810. The van der Waals surface area contributed by atoms with E-state index >= 15 is 0 Å². The van der Waals surface area contributed by atoms with Crippen LogP contribution < -0.4 is 26.6 Å². The lowest BCUT2D eigenvalue weighted by atomic mass is 9.97. The first-order chi connectivity index (χ1) is 31.2. The van der Waals surface area contributed by atoms with E-state index in [-0.39, 0.29) is 24.3 Å². The highest BCUT2D eigenvalue weighted by molar-refractivity contribution is 5.81. The van der Waals surface area contributed by atoms with Crippen LogP contribution in [0.4, 0.5) is 17.8 Å². The Balaban J connectivity index is 1.23. The fraction of sp³-hybridized carbons (Fsp3) is 0.738. The Morgan fingerprint density at radius 2 is 1.22 bits per heavy atom. The second-order valence-electron chi connectivity index (χ2n) is 16.2. The number of aromatic nitrogens is 9. The molecule has 22 nitrogen and oxygen atoms in total. The van der Waals surface area contributed by atoms with Gasteiger partial charge in [0.15, 0.2) is 6.04 Å². The molecule has 0 unspecified atom stereocenters. The van der Waals surface area contributed by atoms with Crippen molar-refractivity contribution in [3.8, 4) is 12.3 Å². The topological polar surface area (TPSA) is 259 Å². The molecule has 2 aliphatic rings. The number of hydrogen-bond donors (Lipinski definition) is 4. The third kappa shape index (κ3) is 14.7. The van der Waals surface area contributed by atoms with E-state index in [1.807, 2.05) is 16.0 Å². The summed E-state index contributed by atoms with van der Waals surface area (Å²) in [5.41, 5.74) is 12.9. The first-order valence-electron chi connectivity index (χ1n) is 22.8. The molecule has 0 bridgehead atoms. The van der Waals surface area contributed by atoms with Crippen molar-refractivity contribution in [1.82, 2.24) is 54.7 Å². The minimum atomic E-state index is -0.983. The Labute approximate surface area is 376 Å². The predicted molar refractivity (Wildman–Crippen MR) is 240 cm³/mol. The van der Waals surface area contributed by atoms with Crippen LogP contribution in [-0.4, -0.2) is 189 Å². The van der Waals surface area contributed by atoms with E-state index in [2.05, 4.69) is 50.6 Å². The second kappa shape index (κ2) is 26.7. The summed E-state index contributed by atoms with van der Waals surface area (Å²) in [5.74, 6) is 3.60. The van der Waals surface area contributed by atoms with Crippen molar-refractivity contribution < 1.29 is 28.9 Å². The Bertz CT molecular complexity index is 1870. The number of amides is 2. The van der Waals surface area contributed by atoms with Crippen LogP contribution in [0.3, 0.4) is 0 Å². The Morgan fingerprint density at radius 1 is 0.734 bits per heavy atom. The van der Waals surface area contributed by atoms with Gasteiger partial charge in [0.25, 0.3) is 0 Å². The summed E-state index contributed by atoms with van der Waals surface area (Å²) in [4.78, 5) is 50.3. The molecule has 2 amide bonds. The third-order valence-corrected chi connectivity index (χ3v) is 11.4. The number of carbonyl (C=O) groups excluding carboxylic acids is 2. The van der Waals surface area contributed by atoms with Crippen molar-refractivity contribution in [2.45, 2.75) is 83.9 Å². The molecule has 2 saturated heterocycles. The molecule has 0 aromatic carbocycles. The summed E-state index contributed by atoms with van der Waals surface area (Å²) in [6.45, 7) is 13.4. The number of hydrogen-bond acceptors (Lipinski definition) is 18. The van der Waals surface area contributed by atoms with Crippen LogP contribution in [0.25, 0.3) is 0 Å². The number of terminal acetylenes is 1. The molecule has 3 aromatic rings. The smallest absolute Gasteiger partial charge is 0.250 e. The molecule has 2 aliphatic heterocycles. The number of anilines is 3. The number of aliphatic hydroxyl groups is 1. The Morgan fingerprint density at radius 3 is 1.70 bits per heavy atom. The lowest BCUT2D eigenvalue weighted by Crippen LogP contribution is -2.53. The fourth-order valence-electron chi connectivity index (χ4n) is 7.56. The molecule has 2 fully saturated rings. The minimum absolute atomic E-state index is 0.0192. The van der Waals surface area contributed by atoms with Gasteiger partial charge in [-0.05, 0) is 64.5 Å². The number of piperazine rings is 2. The number of aliphatic hydroxyl groups excluding tert-OH is 1. The molecule has 0 spiro atoms. The molecule has 22 heteroatoms. The van der Waals surface area contributed by atoms with Gasteiger partial charge in [0.2, 0.25) is 29.7 Å². The fourth-order valence-corrected chi connectivity index (χ4v) is 7.56. The number of aryl methyl sites for hydroxylation is 2. The molecule has 64 heavy (non-hydrogen) atoms. The van der Waals surface area contributed by atoms with E-state index in [0.29, 0.717) is 129 Å². The lowest BCUT2D eigenvalue weighted by molar-refractivity contribution is -0.139. The molecule has 6 N–H and O–H groups in total. The van der Waals surface area contributed by atoms with Crippen molar-refractivity contribution in [2.24, 2.45) is 17.4 Å². The minimum Gasteiger partial charge on any atom is -0.391 e. The van der Waals surface area contributed by atoms with Crippen LogP contribution in [0.2, 0.25) is 0 Å². The van der Waals surface area contributed by atoms with Crippen molar-refractivity contribution in [2.75, 3.05) is 127 Å². The molecular weight excluding hydrogens is 825 g/mol. The van der Waals surface area contributed by atoms with E-state index in [0.717, 1.165) is 49.9 Å². The highest BCUT2D eigenvalue weighted by Gasteiger charge is 2.35. The van der Waals surface area contributed by atoms with Crippen LogP contribution in [0, 0.1) is 18.3 Å². The summed E-state index contributed by atoms with van der Waals surface area (Å²) in [5, 5.41) is 31.2. The number of ether oxygens (including phenoxy) is 3. The maximum Gasteiger partial charge on any atom is 0.250 e. The third-order valence-electron chi connectivity index (χ3n) is 11.4. The summed E-state index contributed by atoms with van der Waals surface area (Å²) in [7, 11) is 0. The van der Waals surface area contributed by atoms with E-state index in [4.69, 9.17) is 47.1 Å². The van der Waals surface area contributed by atoms with Crippen LogP contribution in [0.1, 0.15) is 76.3 Å². The molecule has 0 saturated carbocycles. The monoisotopic (exact) mass is 895 g/mol. The van der Waals surface area contributed by atoms with Crippen LogP contribution >= 0.6 is 0 Å². The zero-order valence-corrected chi connectivity index (χ0v) is 38.0. The van der Waals surface area contributed by atoms with Gasteiger partial charge in [-0.3, -0.25) is 9.59 Å². The summed E-state index contributed by atoms with van der Waals surface area (Å²) >= 11 is 0. The highest BCUT2D eigenvalue weighted by atomic mass is 16.5. The van der Waals surface area contributed by atoms with E-state index in [1.54, 1.807) is 22.7 Å². The molecule has 4 atom stereocenters. The number of unbranched alkanes of at least 4 members (excludes halogenated alkanes) is 2. The van der Waals surface area contributed by atoms with Gasteiger partial charge in [-0.25, -0.2) is 9.36 Å². The van der Waals surface area contributed by atoms with Crippen molar-refractivity contribution in [3.63, 3.8) is 0 Å². The van der Waals surface area contributed by atoms with Crippen LogP contribution in [-0.2, 0) is 36.6 Å². The molecule has 3 aromatic heterocycles. The van der Waals surface area contributed by atoms with Gasteiger partial charge in [0.05, 0.1) is 50.5 Å².